The summed E-state index contributed by atoms with van der Waals surface area (Å²) in [5.74, 6) is 0.624. The van der Waals surface area contributed by atoms with E-state index in [1.807, 2.05) is 6.07 Å². The third kappa shape index (κ3) is 5.18. The monoisotopic (exact) mass is 554 g/mol. The van der Waals surface area contributed by atoms with E-state index in [0.29, 0.717) is 27.5 Å². The third-order valence-corrected chi connectivity index (χ3v) is 6.08. The van der Waals surface area contributed by atoms with E-state index < -0.39 is 4.92 Å². The van der Waals surface area contributed by atoms with E-state index in [1.54, 1.807) is 38.1 Å². The molecule has 0 N–H and O–H groups in total. The van der Waals surface area contributed by atoms with E-state index in [2.05, 4.69) is 22.6 Å². The zero-order valence-corrected chi connectivity index (χ0v) is 19.9. The van der Waals surface area contributed by atoms with E-state index >= 15 is 0 Å². The van der Waals surface area contributed by atoms with Gasteiger partial charge < -0.3 is 9.47 Å². The number of methoxy groups -OCH3 is 1. The van der Waals surface area contributed by atoms with Crippen LogP contribution in [0.5, 0.6) is 11.5 Å². The van der Waals surface area contributed by atoms with Crippen molar-refractivity contribution in [3.05, 3.63) is 66.1 Å². The van der Waals surface area contributed by atoms with Gasteiger partial charge >= 0.3 is 0 Å². The van der Waals surface area contributed by atoms with Crippen molar-refractivity contribution in [2.75, 3.05) is 7.11 Å². The Bertz CT molecular complexity index is 1090. The van der Waals surface area contributed by atoms with Crippen LogP contribution in [-0.2, 0) is 11.4 Å². The van der Waals surface area contributed by atoms with E-state index in [9.17, 15) is 19.7 Å². The molecule has 1 aliphatic rings. The number of nitrogens with zero attached hydrogens (tertiary/aromatic N) is 2. The summed E-state index contributed by atoms with van der Waals surface area (Å²) < 4.78 is 12.1. The number of hydrogen-bond donors (Lipinski definition) is 0. The Kier molecular flexibility index (Phi) is 7.21. The Hall–Kier alpha value is -2.60. The first-order chi connectivity index (χ1) is 14.7. The third-order valence-electron chi connectivity index (χ3n) is 4.39. The Morgan fingerprint density at radius 3 is 2.61 bits per heavy atom. The minimum atomic E-state index is -0.455. The van der Waals surface area contributed by atoms with Crippen molar-refractivity contribution in [1.82, 2.24) is 4.90 Å². The molecule has 2 aromatic carbocycles. The minimum absolute atomic E-state index is 0.00606. The predicted molar refractivity (Wildman–Crippen MR) is 126 cm³/mol. The second kappa shape index (κ2) is 9.69. The molecule has 0 aliphatic carbocycles. The van der Waals surface area contributed by atoms with E-state index in [-0.39, 0.29) is 29.5 Å². The standard InChI is InChI=1S/C21H19IN2O6S/c1-12(2)23-20(25)18(31-21(23)26)10-14-8-16(22)19(17(9-14)29-3)30-11-13-5-4-6-15(7-13)24(27)28/h4-10,12H,11H2,1-3H3/b18-10+. The summed E-state index contributed by atoms with van der Waals surface area (Å²) in [5, 5.41) is 10.7. The molecule has 0 unspecified atom stereocenters. The zero-order chi connectivity index (χ0) is 22.7. The second-order valence-corrected chi connectivity index (χ2v) is 9.05. The highest BCUT2D eigenvalue weighted by molar-refractivity contribution is 14.1. The van der Waals surface area contributed by atoms with E-state index in [1.165, 1.54) is 24.1 Å². The first-order valence-corrected chi connectivity index (χ1v) is 11.1. The lowest BCUT2D eigenvalue weighted by Gasteiger charge is -2.16. The van der Waals surface area contributed by atoms with E-state index in [0.717, 1.165) is 15.3 Å². The molecule has 0 saturated carbocycles. The van der Waals surface area contributed by atoms with Gasteiger partial charge in [0.1, 0.15) is 6.61 Å². The summed E-state index contributed by atoms with van der Waals surface area (Å²) >= 11 is 3.00. The van der Waals surface area contributed by atoms with Crippen LogP contribution in [0.15, 0.2) is 41.3 Å². The summed E-state index contributed by atoms with van der Waals surface area (Å²) in [5.41, 5.74) is 1.34. The molecule has 31 heavy (non-hydrogen) atoms. The topological polar surface area (TPSA) is 99.0 Å². The van der Waals surface area contributed by atoms with Crippen LogP contribution >= 0.6 is 34.4 Å². The van der Waals surface area contributed by atoms with Gasteiger partial charge in [0.25, 0.3) is 16.8 Å². The summed E-state index contributed by atoms with van der Waals surface area (Å²) in [4.78, 5) is 36.7. The molecule has 1 fully saturated rings. The lowest BCUT2D eigenvalue weighted by atomic mass is 10.1. The molecule has 162 valence electrons. The van der Waals surface area contributed by atoms with E-state index in [4.69, 9.17) is 9.47 Å². The highest BCUT2D eigenvalue weighted by Crippen LogP contribution is 2.38. The average Bonchev–Trinajstić information content (AvgIpc) is 3.00. The maximum atomic E-state index is 12.5. The van der Waals surface area contributed by atoms with Crippen LogP contribution in [0.25, 0.3) is 6.08 Å². The maximum absolute atomic E-state index is 12.5. The van der Waals surface area contributed by atoms with Gasteiger partial charge in [-0.3, -0.25) is 24.6 Å². The van der Waals surface area contributed by atoms with Crippen LogP contribution in [0.3, 0.4) is 0 Å². The molecule has 2 amide bonds. The number of amides is 2. The van der Waals surface area contributed by atoms with Gasteiger partial charge in [0.15, 0.2) is 11.5 Å². The maximum Gasteiger partial charge on any atom is 0.293 e. The normalized spacial score (nSPS) is 15.1. The molecule has 1 aliphatic heterocycles. The van der Waals surface area contributed by atoms with Gasteiger partial charge in [-0.2, -0.15) is 0 Å². The molecule has 1 saturated heterocycles. The second-order valence-electron chi connectivity index (χ2n) is 6.90. The van der Waals surface area contributed by atoms with Gasteiger partial charge in [-0.05, 0) is 77.5 Å². The van der Waals surface area contributed by atoms with Crippen LogP contribution < -0.4 is 9.47 Å². The predicted octanol–water partition coefficient (Wildman–Crippen LogP) is 5.23. The van der Waals surface area contributed by atoms with Crippen LogP contribution in [0.2, 0.25) is 0 Å². The smallest absolute Gasteiger partial charge is 0.293 e. The lowest BCUT2D eigenvalue weighted by Crippen LogP contribution is -2.34. The fourth-order valence-electron chi connectivity index (χ4n) is 2.95. The molecule has 0 atom stereocenters. The number of carbonyl (C=O) groups excluding carboxylic acids is 2. The summed E-state index contributed by atoms with van der Waals surface area (Å²) in [7, 11) is 1.50. The van der Waals surface area contributed by atoms with Gasteiger partial charge in [-0.15, -0.1) is 0 Å². The van der Waals surface area contributed by atoms with Gasteiger partial charge in [0.05, 0.1) is 20.5 Å². The fraction of sp³-hybridized carbons (Fsp3) is 0.238. The zero-order valence-electron chi connectivity index (χ0n) is 17.0. The quantitative estimate of drug-likeness (QED) is 0.200. The first kappa shape index (κ1) is 23.1. The molecule has 2 aromatic rings. The van der Waals surface area contributed by atoms with Crippen molar-refractivity contribution in [1.29, 1.82) is 0 Å². The van der Waals surface area contributed by atoms with Crippen LogP contribution in [0, 0.1) is 13.7 Å². The lowest BCUT2D eigenvalue weighted by molar-refractivity contribution is -0.384. The van der Waals surface area contributed by atoms with Crippen molar-refractivity contribution in [3.63, 3.8) is 0 Å². The molecule has 1 heterocycles. The minimum Gasteiger partial charge on any atom is -0.493 e. The SMILES string of the molecule is COc1cc(/C=C2/SC(=O)N(C(C)C)C2=O)cc(I)c1OCc1cccc([N+](=O)[O-])c1. The Morgan fingerprint density at radius 2 is 2.00 bits per heavy atom. The number of non-ortho nitro benzene ring substituents is 1. The van der Waals surface area contributed by atoms with Crippen molar-refractivity contribution in [3.8, 4) is 11.5 Å². The summed E-state index contributed by atoms with van der Waals surface area (Å²) in [6, 6.07) is 9.54. The van der Waals surface area contributed by atoms with Gasteiger partial charge in [0.2, 0.25) is 0 Å². The molecule has 8 nitrogen and oxygen atoms in total. The number of thioether (sulfide) groups is 1. The summed E-state index contributed by atoms with van der Waals surface area (Å²) in [6.45, 7) is 3.71. The molecular weight excluding hydrogens is 535 g/mol. The molecule has 0 aromatic heterocycles. The Labute approximate surface area is 196 Å². The van der Waals surface area contributed by atoms with Crippen molar-refractivity contribution < 1.29 is 24.0 Å². The number of nitro groups is 1. The molecule has 3 rings (SSSR count). The van der Waals surface area contributed by atoms with Gasteiger partial charge in [-0.25, -0.2) is 0 Å². The first-order valence-electron chi connectivity index (χ1n) is 9.22. The summed E-state index contributed by atoms with van der Waals surface area (Å²) in [6.07, 6.45) is 1.66. The Morgan fingerprint density at radius 1 is 1.26 bits per heavy atom. The van der Waals surface area contributed by atoms with Gasteiger partial charge in [-0.1, -0.05) is 12.1 Å². The van der Waals surface area contributed by atoms with Crippen LogP contribution in [0.1, 0.15) is 25.0 Å². The molecule has 0 bridgehead atoms. The fourth-order valence-corrected chi connectivity index (χ4v) is 4.70. The molecule has 0 spiro atoms. The van der Waals surface area contributed by atoms with Crippen molar-refractivity contribution >= 4 is 57.3 Å². The molecule has 10 heteroatoms. The highest BCUT2D eigenvalue weighted by Gasteiger charge is 2.36. The van der Waals surface area contributed by atoms with Crippen molar-refractivity contribution in [2.24, 2.45) is 0 Å². The Balaban J connectivity index is 1.84. The molecular formula is C21H19IN2O6S. The number of imide groups is 1. The number of halogens is 1. The highest BCUT2D eigenvalue weighted by atomic mass is 127. The number of nitro benzene ring substituents is 1. The number of rotatable bonds is 7. The van der Waals surface area contributed by atoms with Crippen molar-refractivity contribution in [2.45, 2.75) is 26.5 Å². The number of hydrogen-bond acceptors (Lipinski definition) is 7. The number of carbonyl (C=O) groups is 2. The average molecular weight is 554 g/mol. The number of ether oxygens (including phenoxy) is 2. The molecule has 0 radical (unpaired) electrons. The van der Waals surface area contributed by atoms with Crippen LogP contribution in [-0.4, -0.2) is 34.1 Å². The largest absolute Gasteiger partial charge is 0.493 e. The van der Waals surface area contributed by atoms with Crippen LogP contribution in [0.4, 0.5) is 10.5 Å². The van der Waals surface area contributed by atoms with Gasteiger partial charge in [0, 0.05) is 18.2 Å². The number of benzene rings is 2.